The van der Waals surface area contributed by atoms with E-state index in [0.29, 0.717) is 13.0 Å². The lowest BCUT2D eigenvalue weighted by molar-refractivity contribution is -0.128. The van der Waals surface area contributed by atoms with E-state index < -0.39 is 5.54 Å². The van der Waals surface area contributed by atoms with Crippen molar-refractivity contribution in [2.45, 2.75) is 57.5 Å². The number of hydrogen-bond donors (Lipinski definition) is 2. The first-order valence-corrected chi connectivity index (χ1v) is 8.92. The van der Waals surface area contributed by atoms with E-state index in [0.717, 1.165) is 49.9 Å². The smallest absolute Gasteiger partial charge is 0.229 e. The van der Waals surface area contributed by atoms with Gasteiger partial charge in [0.15, 0.2) is 0 Å². The summed E-state index contributed by atoms with van der Waals surface area (Å²) in [7, 11) is 0. The van der Waals surface area contributed by atoms with E-state index in [2.05, 4.69) is 5.32 Å². The van der Waals surface area contributed by atoms with Gasteiger partial charge in [0.2, 0.25) is 11.8 Å². The highest BCUT2D eigenvalue weighted by molar-refractivity contribution is 5.93. The van der Waals surface area contributed by atoms with Crippen molar-refractivity contribution in [1.82, 2.24) is 4.90 Å². The van der Waals surface area contributed by atoms with Gasteiger partial charge in [-0.1, -0.05) is 25.0 Å². The maximum absolute atomic E-state index is 12.5. The number of nitrogens with two attached hydrogens (primary N) is 1. The van der Waals surface area contributed by atoms with Gasteiger partial charge in [-0.25, -0.2) is 0 Å². The molecule has 3 N–H and O–H groups in total. The van der Waals surface area contributed by atoms with Crippen LogP contribution in [0.5, 0.6) is 0 Å². The van der Waals surface area contributed by atoms with Crippen LogP contribution in [0, 0.1) is 5.92 Å². The van der Waals surface area contributed by atoms with Crippen LogP contribution in [0.1, 0.15) is 51.0 Å². The highest BCUT2D eigenvalue weighted by atomic mass is 16.2. The number of anilines is 1. The zero-order valence-electron chi connectivity index (χ0n) is 14.4. The van der Waals surface area contributed by atoms with Crippen molar-refractivity contribution < 1.29 is 9.59 Å². The molecule has 2 unspecified atom stereocenters. The lowest BCUT2D eigenvalue weighted by Crippen LogP contribution is -2.51. The molecule has 1 heterocycles. The number of hydrogen-bond acceptors (Lipinski definition) is 3. The van der Waals surface area contributed by atoms with Crippen LogP contribution >= 0.6 is 0 Å². The van der Waals surface area contributed by atoms with E-state index in [9.17, 15) is 9.59 Å². The van der Waals surface area contributed by atoms with Crippen molar-refractivity contribution in [2.75, 3.05) is 11.9 Å². The Balaban J connectivity index is 1.59. The third-order valence-electron chi connectivity index (χ3n) is 5.34. The normalized spacial score (nSPS) is 27.3. The second kappa shape index (κ2) is 6.93. The maximum Gasteiger partial charge on any atom is 0.229 e. The lowest BCUT2D eigenvalue weighted by Gasteiger charge is -2.37. The molecule has 3 rings (SSSR count). The number of benzene rings is 1. The summed E-state index contributed by atoms with van der Waals surface area (Å²) >= 11 is 0. The molecular weight excluding hydrogens is 302 g/mol. The molecule has 0 aromatic heterocycles. The molecule has 0 spiro atoms. The van der Waals surface area contributed by atoms with Crippen LogP contribution in [0.25, 0.3) is 0 Å². The standard InChI is InChI=1S/C19H27N3O2/c1-19(20)11-3-2-5-16(19)18(24)21-15-9-7-14(8-10-15)13-22-12-4-6-17(22)23/h7-10,16H,2-6,11-13,20H2,1H3,(H,21,24). The van der Waals surface area contributed by atoms with Gasteiger partial charge in [-0.2, -0.15) is 0 Å². The van der Waals surface area contributed by atoms with Crippen LogP contribution < -0.4 is 11.1 Å². The first-order valence-electron chi connectivity index (χ1n) is 8.92. The molecule has 0 bridgehead atoms. The molecule has 5 heteroatoms. The average molecular weight is 329 g/mol. The highest BCUT2D eigenvalue weighted by Gasteiger charge is 2.37. The third kappa shape index (κ3) is 3.78. The van der Waals surface area contributed by atoms with E-state index >= 15 is 0 Å². The van der Waals surface area contributed by atoms with Gasteiger partial charge < -0.3 is 16.0 Å². The summed E-state index contributed by atoms with van der Waals surface area (Å²) in [6, 6.07) is 7.77. The Bertz CT molecular complexity index is 610. The molecule has 1 saturated heterocycles. The quantitative estimate of drug-likeness (QED) is 0.891. The number of carbonyl (C=O) groups is 2. The Hall–Kier alpha value is -1.88. The molecule has 2 fully saturated rings. The molecule has 130 valence electrons. The first-order chi connectivity index (χ1) is 11.5. The summed E-state index contributed by atoms with van der Waals surface area (Å²) in [5, 5.41) is 3.00. The molecular formula is C19H27N3O2. The second-order valence-electron chi connectivity index (χ2n) is 7.41. The van der Waals surface area contributed by atoms with Crippen LogP contribution in [-0.2, 0) is 16.1 Å². The Kier molecular flexibility index (Phi) is 4.90. The number of nitrogens with zero attached hydrogens (tertiary/aromatic N) is 1. The van der Waals surface area contributed by atoms with Gasteiger partial charge in [0.05, 0.1) is 5.92 Å². The van der Waals surface area contributed by atoms with E-state index in [-0.39, 0.29) is 17.7 Å². The summed E-state index contributed by atoms with van der Waals surface area (Å²) in [6.45, 7) is 3.47. The highest BCUT2D eigenvalue weighted by Crippen LogP contribution is 2.32. The van der Waals surface area contributed by atoms with Gasteiger partial charge in [-0.3, -0.25) is 9.59 Å². The van der Waals surface area contributed by atoms with Crippen LogP contribution in [0.2, 0.25) is 0 Å². The monoisotopic (exact) mass is 329 g/mol. The number of carbonyl (C=O) groups excluding carboxylic acids is 2. The van der Waals surface area contributed by atoms with Gasteiger partial charge >= 0.3 is 0 Å². The number of rotatable bonds is 4. The van der Waals surface area contributed by atoms with Crippen LogP contribution in [0.4, 0.5) is 5.69 Å². The number of nitrogens with one attached hydrogen (secondary N) is 1. The fraction of sp³-hybridized carbons (Fsp3) is 0.579. The predicted octanol–water partition coefficient (Wildman–Crippen LogP) is 2.66. The minimum atomic E-state index is -0.418. The second-order valence-corrected chi connectivity index (χ2v) is 7.41. The number of likely N-dealkylation sites (tertiary alicyclic amines) is 1. The van der Waals surface area contributed by atoms with Crippen LogP contribution in [0.3, 0.4) is 0 Å². The zero-order chi connectivity index (χ0) is 17.2. The summed E-state index contributed by atoms with van der Waals surface area (Å²) in [6.07, 6.45) is 5.52. The molecule has 1 saturated carbocycles. The largest absolute Gasteiger partial charge is 0.338 e. The van der Waals surface area contributed by atoms with Crippen LogP contribution in [0.15, 0.2) is 24.3 Å². The minimum absolute atomic E-state index is 0.0159. The Morgan fingerprint density at radius 1 is 1.29 bits per heavy atom. The molecule has 2 aliphatic rings. The van der Waals surface area contributed by atoms with Gasteiger partial charge in [0, 0.05) is 30.7 Å². The topological polar surface area (TPSA) is 75.4 Å². The summed E-state index contributed by atoms with van der Waals surface area (Å²) in [5.74, 6) is 0.113. The first kappa shape index (κ1) is 17.0. The van der Waals surface area contributed by atoms with Crippen molar-refractivity contribution in [3.8, 4) is 0 Å². The average Bonchev–Trinajstić information content (AvgIpc) is 2.94. The summed E-state index contributed by atoms with van der Waals surface area (Å²) < 4.78 is 0. The molecule has 1 aromatic carbocycles. The number of amides is 2. The van der Waals surface area contributed by atoms with E-state index in [1.54, 1.807) is 0 Å². The molecule has 24 heavy (non-hydrogen) atoms. The Morgan fingerprint density at radius 2 is 2.04 bits per heavy atom. The molecule has 5 nitrogen and oxygen atoms in total. The van der Waals surface area contributed by atoms with Crippen LogP contribution in [-0.4, -0.2) is 28.8 Å². The molecule has 0 radical (unpaired) electrons. The van der Waals surface area contributed by atoms with Crippen molar-refractivity contribution in [2.24, 2.45) is 11.7 Å². The van der Waals surface area contributed by atoms with Gasteiger partial charge in [0.25, 0.3) is 0 Å². The van der Waals surface area contributed by atoms with Crippen molar-refractivity contribution in [3.05, 3.63) is 29.8 Å². The Labute approximate surface area is 143 Å². The molecule has 1 aromatic rings. The summed E-state index contributed by atoms with van der Waals surface area (Å²) in [4.78, 5) is 26.1. The molecule has 2 amide bonds. The molecule has 1 aliphatic heterocycles. The summed E-state index contributed by atoms with van der Waals surface area (Å²) in [5.41, 5.74) is 7.77. The van der Waals surface area contributed by atoms with Crippen molar-refractivity contribution in [1.29, 1.82) is 0 Å². The predicted molar refractivity (Wildman–Crippen MR) is 94.3 cm³/mol. The fourth-order valence-corrected chi connectivity index (χ4v) is 3.80. The van der Waals surface area contributed by atoms with E-state index in [1.165, 1.54) is 0 Å². The molecule has 1 aliphatic carbocycles. The SMILES string of the molecule is CC1(N)CCCCC1C(=O)Nc1ccc(CN2CCCC2=O)cc1. The van der Waals surface area contributed by atoms with E-state index in [1.807, 2.05) is 36.1 Å². The minimum Gasteiger partial charge on any atom is -0.338 e. The third-order valence-corrected chi connectivity index (χ3v) is 5.34. The maximum atomic E-state index is 12.5. The zero-order valence-corrected chi connectivity index (χ0v) is 14.4. The van der Waals surface area contributed by atoms with Gasteiger partial charge in [0.1, 0.15) is 0 Å². The van der Waals surface area contributed by atoms with E-state index in [4.69, 9.17) is 5.73 Å². The van der Waals surface area contributed by atoms with Crippen molar-refractivity contribution in [3.63, 3.8) is 0 Å². The van der Waals surface area contributed by atoms with Gasteiger partial charge in [-0.15, -0.1) is 0 Å². The Morgan fingerprint density at radius 3 is 2.67 bits per heavy atom. The lowest BCUT2D eigenvalue weighted by atomic mass is 9.74. The van der Waals surface area contributed by atoms with Gasteiger partial charge in [-0.05, 0) is 43.9 Å². The molecule has 2 atom stereocenters. The van der Waals surface area contributed by atoms with Crippen molar-refractivity contribution >= 4 is 17.5 Å². The fourth-order valence-electron chi connectivity index (χ4n) is 3.80.